The van der Waals surface area contributed by atoms with Crippen LogP contribution < -0.4 is 20.9 Å². The number of nitrogens with zero attached hydrogens (tertiary/aromatic N) is 7. The lowest BCUT2D eigenvalue weighted by atomic mass is 9.99. The highest BCUT2D eigenvalue weighted by atomic mass is 16.5. The number of aromatic nitrogens is 4. The molecular formula is C23H33N9O2. The molecule has 11 heteroatoms. The average molecular weight is 468 g/mol. The van der Waals surface area contributed by atoms with Gasteiger partial charge in [0, 0.05) is 56.2 Å². The van der Waals surface area contributed by atoms with Gasteiger partial charge in [-0.05, 0) is 33.6 Å². The van der Waals surface area contributed by atoms with Crippen LogP contribution in [0.2, 0.25) is 0 Å². The maximum absolute atomic E-state index is 12.5. The smallest absolute Gasteiger partial charge is 0.317 e. The Morgan fingerprint density at radius 1 is 1.26 bits per heavy atom. The predicted molar refractivity (Wildman–Crippen MR) is 130 cm³/mol. The Labute approximate surface area is 199 Å². The van der Waals surface area contributed by atoms with Crippen molar-refractivity contribution in [2.45, 2.75) is 45.2 Å². The molecule has 2 aromatic rings. The Hall–Kier alpha value is -3.21. The van der Waals surface area contributed by atoms with Crippen LogP contribution in [0, 0.1) is 0 Å². The molecule has 0 unspecified atom stereocenters. The van der Waals surface area contributed by atoms with E-state index < -0.39 is 0 Å². The number of nitrogens with one attached hydrogen (secondary N) is 1. The Kier molecular flexibility index (Phi) is 5.88. The van der Waals surface area contributed by atoms with Crippen molar-refractivity contribution >= 4 is 23.7 Å². The number of nitrogens with two attached hydrogens (primary N) is 1. The van der Waals surface area contributed by atoms with Crippen molar-refractivity contribution < 1.29 is 9.53 Å². The molecule has 5 rings (SSSR count). The highest BCUT2D eigenvalue weighted by molar-refractivity contribution is 5.76. The third-order valence-corrected chi connectivity index (χ3v) is 7.10. The highest BCUT2D eigenvalue weighted by Gasteiger charge is 2.44. The van der Waals surface area contributed by atoms with Crippen molar-refractivity contribution in [3.63, 3.8) is 0 Å². The summed E-state index contributed by atoms with van der Waals surface area (Å²) < 4.78 is 5.64. The molecule has 0 spiro atoms. The van der Waals surface area contributed by atoms with Crippen molar-refractivity contribution in [1.29, 1.82) is 0 Å². The van der Waals surface area contributed by atoms with Gasteiger partial charge in [0.25, 0.3) is 0 Å². The van der Waals surface area contributed by atoms with Crippen LogP contribution >= 0.6 is 0 Å². The SMILES string of the molecule is CCNC(=O)N1CC[C@](C)(N2CCc3c(-c4cnc(N)nc4)nc(N4CCOC[C@@H]4C)nc32)C1. The fourth-order valence-corrected chi connectivity index (χ4v) is 5.22. The minimum absolute atomic E-state index is 0.00382. The summed E-state index contributed by atoms with van der Waals surface area (Å²) in [5, 5.41) is 2.93. The number of fused-ring (bicyclic) bond motifs is 1. The Bertz CT molecular complexity index is 1060. The van der Waals surface area contributed by atoms with Crippen LogP contribution in [0.3, 0.4) is 0 Å². The summed E-state index contributed by atoms with van der Waals surface area (Å²) in [6, 6.07) is 0.170. The zero-order valence-electron chi connectivity index (χ0n) is 20.1. The second-order valence-electron chi connectivity index (χ2n) is 9.53. The molecule has 2 amide bonds. The number of rotatable bonds is 4. The van der Waals surface area contributed by atoms with Gasteiger partial charge >= 0.3 is 6.03 Å². The van der Waals surface area contributed by atoms with E-state index in [0.717, 1.165) is 55.1 Å². The van der Waals surface area contributed by atoms with Gasteiger partial charge in [0.1, 0.15) is 5.82 Å². The average Bonchev–Trinajstić information content (AvgIpc) is 3.44. The number of anilines is 3. The fraction of sp³-hybridized carbons (Fsp3) is 0.609. The van der Waals surface area contributed by atoms with E-state index in [9.17, 15) is 4.79 Å². The molecule has 2 atom stereocenters. The van der Waals surface area contributed by atoms with E-state index >= 15 is 0 Å². The molecule has 2 saturated heterocycles. The number of morpholine rings is 1. The first-order valence-corrected chi connectivity index (χ1v) is 12.0. The Balaban J connectivity index is 1.55. The van der Waals surface area contributed by atoms with Gasteiger partial charge in [-0.2, -0.15) is 4.98 Å². The molecule has 0 aromatic carbocycles. The largest absolute Gasteiger partial charge is 0.377 e. The van der Waals surface area contributed by atoms with Crippen LogP contribution in [0.1, 0.15) is 32.8 Å². The predicted octanol–water partition coefficient (Wildman–Crippen LogP) is 1.30. The summed E-state index contributed by atoms with van der Waals surface area (Å²) in [5.41, 5.74) is 8.31. The minimum Gasteiger partial charge on any atom is -0.377 e. The third kappa shape index (κ3) is 3.97. The molecule has 182 valence electrons. The van der Waals surface area contributed by atoms with E-state index in [-0.39, 0.29) is 23.6 Å². The van der Waals surface area contributed by atoms with Crippen LogP contribution in [0.4, 0.5) is 22.5 Å². The van der Waals surface area contributed by atoms with E-state index in [2.05, 4.69) is 38.9 Å². The summed E-state index contributed by atoms with van der Waals surface area (Å²) in [5.74, 6) is 1.87. The first-order chi connectivity index (χ1) is 16.4. The van der Waals surface area contributed by atoms with Gasteiger partial charge in [-0.25, -0.2) is 19.7 Å². The molecule has 2 aromatic heterocycles. The van der Waals surface area contributed by atoms with Crippen LogP contribution in [0.25, 0.3) is 11.3 Å². The molecule has 3 aliphatic heterocycles. The molecule has 0 saturated carbocycles. The third-order valence-electron chi connectivity index (χ3n) is 7.10. The number of hydrogen-bond acceptors (Lipinski definition) is 9. The number of amides is 2. The van der Waals surface area contributed by atoms with Crippen molar-refractivity contribution in [2.75, 3.05) is 61.5 Å². The molecule has 2 fully saturated rings. The summed E-state index contributed by atoms with van der Waals surface area (Å²) in [6.07, 6.45) is 5.17. The van der Waals surface area contributed by atoms with Gasteiger partial charge in [0.05, 0.1) is 30.5 Å². The van der Waals surface area contributed by atoms with Gasteiger partial charge in [0.15, 0.2) is 0 Å². The maximum atomic E-state index is 12.5. The van der Waals surface area contributed by atoms with Crippen molar-refractivity contribution in [3.8, 4) is 11.3 Å². The van der Waals surface area contributed by atoms with Crippen LogP contribution in [-0.2, 0) is 11.2 Å². The minimum atomic E-state index is -0.201. The number of likely N-dealkylation sites (tertiary alicyclic amines) is 1. The number of hydrogen-bond donors (Lipinski definition) is 2. The van der Waals surface area contributed by atoms with Gasteiger partial charge in [-0.3, -0.25) is 0 Å². The lowest BCUT2D eigenvalue weighted by Gasteiger charge is -2.38. The van der Waals surface area contributed by atoms with Gasteiger partial charge in [-0.15, -0.1) is 0 Å². The zero-order chi connectivity index (χ0) is 23.9. The van der Waals surface area contributed by atoms with Crippen LogP contribution in [0.15, 0.2) is 12.4 Å². The summed E-state index contributed by atoms with van der Waals surface area (Å²) in [7, 11) is 0. The van der Waals surface area contributed by atoms with E-state index in [1.165, 1.54) is 0 Å². The first kappa shape index (κ1) is 22.6. The van der Waals surface area contributed by atoms with E-state index in [1.807, 2.05) is 11.8 Å². The molecule has 0 bridgehead atoms. The van der Waals surface area contributed by atoms with Crippen molar-refractivity contribution in [1.82, 2.24) is 30.2 Å². The second kappa shape index (κ2) is 8.86. The monoisotopic (exact) mass is 467 g/mol. The normalized spacial score (nSPS) is 24.4. The van der Waals surface area contributed by atoms with Gasteiger partial charge < -0.3 is 30.5 Å². The fourth-order valence-electron chi connectivity index (χ4n) is 5.22. The van der Waals surface area contributed by atoms with E-state index in [1.54, 1.807) is 12.4 Å². The quantitative estimate of drug-likeness (QED) is 0.684. The number of urea groups is 1. The van der Waals surface area contributed by atoms with Crippen LogP contribution in [0.5, 0.6) is 0 Å². The van der Waals surface area contributed by atoms with E-state index in [4.69, 9.17) is 20.4 Å². The number of carbonyl (C=O) groups excluding carboxylic acids is 1. The number of carbonyl (C=O) groups is 1. The zero-order valence-corrected chi connectivity index (χ0v) is 20.1. The maximum Gasteiger partial charge on any atom is 0.317 e. The summed E-state index contributed by atoms with van der Waals surface area (Å²) >= 11 is 0. The molecule has 0 aliphatic carbocycles. The van der Waals surface area contributed by atoms with Crippen molar-refractivity contribution in [3.05, 3.63) is 18.0 Å². The molecule has 5 heterocycles. The van der Waals surface area contributed by atoms with Crippen LogP contribution in [-0.4, -0.2) is 88.4 Å². The molecule has 3 N–H and O–H groups in total. The molecule has 11 nitrogen and oxygen atoms in total. The van der Waals surface area contributed by atoms with E-state index in [0.29, 0.717) is 32.3 Å². The molecule has 3 aliphatic rings. The topological polar surface area (TPSA) is 126 Å². The number of ether oxygens (including phenoxy) is 1. The molecule has 34 heavy (non-hydrogen) atoms. The Morgan fingerprint density at radius 3 is 2.79 bits per heavy atom. The number of nitrogen functional groups attached to an aromatic ring is 1. The highest BCUT2D eigenvalue weighted by Crippen LogP contribution is 2.41. The summed E-state index contributed by atoms with van der Waals surface area (Å²) in [4.78, 5) is 37.5. The van der Waals surface area contributed by atoms with Gasteiger partial charge in [0.2, 0.25) is 11.9 Å². The lowest BCUT2D eigenvalue weighted by Crippen LogP contribution is -2.50. The second-order valence-corrected chi connectivity index (χ2v) is 9.53. The summed E-state index contributed by atoms with van der Waals surface area (Å²) in [6.45, 7) is 11.2. The van der Waals surface area contributed by atoms with Crippen molar-refractivity contribution in [2.24, 2.45) is 0 Å². The standard InChI is InChI=1S/C23H33N9O2/c1-4-25-22(33)30-8-6-23(3,14-30)32-7-5-17-18(16-11-26-20(24)27-12-16)28-21(29-19(17)32)31-9-10-34-13-15(31)2/h11-12,15H,4-10,13-14H2,1-3H3,(H,25,33)(H2,24,26,27)/t15-,23-/m0/s1. The van der Waals surface area contributed by atoms with Gasteiger partial charge in [-0.1, -0.05) is 0 Å². The first-order valence-electron chi connectivity index (χ1n) is 12.0. The molecular weight excluding hydrogens is 434 g/mol. The lowest BCUT2D eigenvalue weighted by molar-refractivity contribution is 0.0981. The Morgan fingerprint density at radius 2 is 2.06 bits per heavy atom. The molecule has 0 radical (unpaired) electrons.